The maximum atomic E-state index is 11.2. The normalized spacial score (nSPS) is 14.1. The van der Waals surface area contributed by atoms with Gasteiger partial charge >= 0.3 is 5.97 Å². The highest BCUT2D eigenvalue weighted by Gasteiger charge is 2.06. The van der Waals surface area contributed by atoms with Gasteiger partial charge in [-0.2, -0.15) is 0 Å². The number of carbonyl (C=O) groups is 2. The quantitative estimate of drug-likeness (QED) is 0.559. The third kappa shape index (κ3) is 5.33. The van der Waals surface area contributed by atoms with Gasteiger partial charge in [-0.05, 0) is 6.42 Å². The van der Waals surface area contributed by atoms with Gasteiger partial charge in [-0.3, -0.25) is 14.6 Å². The van der Waals surface area contributed by atoms with Gasteiger partial charge in [0.15, 0.2) is 0 Å². The van der Waals surface area contributed by atoms with E-state index in [1.165, 1.54) is 0 Å². The number of amides is 1. The van der Waals surface area contributed by atoms with E-state index in [1.54, 1.807) is 0 Å². The van der Waals surface area contributed by atoms with E-state index in [4.69, 9.17) is 5.11 Å². The fraction of sp³-hybridized carbons (Fsp3) is 0.700. The van der Waals surface area contributed by atoms with Gasteiger partial charge in [0.05, 0.1) is 12.4 Å². The van der Waals surface area contributed by atoms with Crippen molar-refractivity contribution in [1.82, 2.24) is 10.6 Å². The molecule has 1 aliphatic rings. The first-order valence-corrected chi connectivity index (χ1v) is 5.44. The second-order valence-corrected chi connectivity index (χ2v) is 3.60. The second kappa shape index (κ2) is 6.81. The van der Waals surface area contributed by atoms with E-state index in [9.17, 15) is 9.59 Å². The Kier molecular flexibility index (Phi) is 5.31. The number of carboxylic acids is 1. The molecule has 1 amide bonds. The molecule has 0 aliphatic carbocycles. The van der Waals surface area contributed by atoms with Crippen LogP contribution in [0.4, 0.5) is 0 Å². The number of carbonyl (C=O) groups excluding carboxylic acids is 1. The van der Waals surface area contributed by atoms with Gasteiger partial charge < -0.3 is 15.7 Å². The lowest BCUT2D eigenvalue weighted by Gasteiger charge is -2.04. The molecule has 0 atom stereocenters. The lowest BCUT2D eigenvalue weighted by molar-refractivity contribution is -0.137. The van der Waals surface area contributed by atoms with Crippen LogP contribution >= 0.6 is 0 Å². The Morgan fingerprint density at radius 3 is 2.88 bits per heavy atom. The molecule has 6 heteroatoms. The summed E-state index contributed by atoms with van der Waals surface area (Å²) in [4.78, 5) is 25.6. The molecule has 0 unspecified atom stereocenters. The molecular formula is C10H17N3O3. The zero-order valence-electron chi connectivity index (χ0n) is 9.16. The first-order valence-electron chi connectivity index (χ1n) is 5.44. The Bertz CT molecular complexity index is 289. The van der Waals surface area contributed by atoms with Crippen molar-refractivity contribution >= 4 is 17.7 Å². The summed E-state index contributed by atoms with van der Waals surface area (Å²) >= 11 is 0. The molecule has 3 N–H and O–H groups in total. The third-order valence-corrected chi connectivity index (χ3v) is 2.22. The molecule has 1 aliphatic heterocycles. The second-order valence-electron chi connectivity index (χ2n) is 3.60. The highest BCUT2D eigenvalue weighted by Crippen LogP contribution is 1.95. The van der Waals surface area contributed by atoms with Crippen LogP contribution in [0.1, 0.15) is 25.7 Å². The Labute approximate surface area is 94.1 Å². The van der Waals surface area contributed by atoms with Crippen molar-refractivity contribution in [3.63, 3.8) is 0 Å². The van der Waals surface area contributed by atoms with Crippen LogP contribution in [-0.4, -0.2) is 42.5 Å². The summed E-state index contributed by atoms with van der Waals surface area (Å²) in [5.74, 6) is -0.0250. The highest BCUT2D eigenvalue weighted by atomic mass is 16.4. The summed E-state index contributed by atoms with van der Waals surface area (Å²) in [6.45, 7) is 2.24. The molecule has 1 rings (SSSR count). The predicted molar refractivity (Wildman–Crippen MR) is 59.4 cm³/mol. The van der Waals surface area contributed by atoms with E-state index in [2.05, 4.69) is 15.6 Å². The summed E-state index contributed by atoms with van der Waals surface area (Å²) < 4.78 is 0. The molecule has 0 saturated heterocycles. The molecule has 0 radical (unpaired) electrons. The Morgan fingerprint density at radius 1 is 1.44 bits per heavy atom. The first-order chi connectivity index (χ1) is 7.68. The average Bonchev–Trinajstić information content (AvgIpc) is 2.70. The zero-order chi connectivity index (χ0) is 11.8. The largest absolute Gasteiger partial charge is 0.481 e. The highest BCUT2D eigenvalue weighted by molar-refractivity contribution is 5.84. The lowest BCUT2D eigenvalue weighted by Crippen LogP contribution is -2.28. The average molecular weight is 227 g/mol. The number of rotatable bonds is 7. The van der Waals surface area contributed by atoms with Crippen molar-refractivity contribution < 1.29 is 14.7 Å². The molecule has 0 aromatic rings. The molecule has 0 aromatic carbocycles. The number of hydrogen-bond acceptors (Lipinski definition) is 4. The van der Waals surface area contributed by atoms with Crippen LogP contribution in [0.2, 0.25) is 0 Å². The smallest absolute Gasteiger partial charge is 0.303 e. The summed E-state index contributed by atoms with van der Waals surface area (Å²) in [5.41, 5.74) is 0. The van der Waals surface area contributed by atoms with Gasteiger partial charge in [0.1, 0.15) is 0 Å². The van der Waals surface area contributed by atoms with Crippen LogP contribution < -0.4 is 10.6 Å². The van der Waals surface area contributed by atoms with E-state index in [1.807, 2.05) is 0 Å². The van der Waals surface area contributed by atoms with Gasteiger partial charge in [0.2, 0.25) is 5.91 Å². The molecular weight excluding hydrogens is 210 g/mol. The summed E-state index contributed by atoms with van der Waals surface area (Å²) in [6.07, 6.45) is 1.42. The molecule has 0 spiro atoms. The van der Waals surface area contributed by atoms with Crippen molar-refractivity contribution in [3.8, 4) is 0 Å². The first kappa shape index (κ1) is 12.5. The maximum absolute atomic E-state index is 11.2. The molecule has 0 aromatic heterocycles. The monoisotopic (exact) mass is 227 g/mol. The minimum Gasteiger partial charge on any atom is -0.481 e. The van der Waals surface area contributed by atoms with Gasteiger partial charge in [-0.1, -0.05) is 0 Å². The Hall–Kier alpha value is -1.59. The Morgan fingerprint density at radius 2 is 2.25 bits per heavy atom. The number of aliphatic imine (C=N–C) groups is 1. The van der Waals surface area contributed by atoms with E-state index in [-0.39, 0.29) is 18.7 Å². The zero-order valence-corrected chi connectivity index (χ0v) is 9.16. The van der Waals surface area contributed by atoms with Crippen LogP contribution in [0.5, 0.6) is 0 Å². The SMILES string of the molecule is O=C(O)CCCC(=O)NCCC1=NCCN1. The van der Waals surface area contributed by atoms with Crippen LogP contribution in [0.25, 0.3) is 0 Å². The van der Waals surface area contributed by atoms with E-state index < -0.39 is 5.97 Å². The van der Waals surface area contributed by atoms with Gasteiger partial charge in [-0.25, -0.2) is 0 Å². The topological polar surface area (TPSA) is 90.8 Å². The van der Waals surface area contributed by atoms with E-state index in [0.29, 0.717) is 19.4 Å². The molecule has 0 bridgehead atoms. The van der Waals surface area contributed by atoms with E-state index in [0.717, 1.165) is 18.9 Å². The van der Waals surface area contributed by atoms with Crippen molar-refractivity contribution in [2.24, 2.45) is 4.99 Å². The molecule has 6 nitrogen and oxygen atoms in total. The van der Waals surface area contributed by atoms with Crippen molar-refractivity contribution in [1.29, 1.82) is 0 Å². The molecule has 0 fully saturated rings. The number of amidine groups is 1. The number of aliphatic carboxylic acids is 1. The Balaban J connectivity index is 1.99. The van der Waals surface area contributed by atoms with Crippen LogP contribution in [0, 0.1) is 0 Å². The number of carboxylic acid groups (broad SMARTS) is 1. The number of hydrogen-bond donors (Lipinski definition) is 3. The molecule has 90 valence electrons. The number of nitrogens with one attached hydrogen (secondary N) is 2. The summed E-state index contributed by atoms with van der Waals surface area (Å²) in [5, 5.41) is 14.2. The van der Waals surface area contributed by atoms with Gasteiger partial charge in [0.25, 0.3) is 0 Å². The van der Waals surface area contributed by atoms with Gasteiger partial charge in [0, 0.05) is 32.4 Å². The lowest BCUT2D eigenvalue weighted by atomic mass is 10.2. The fourth-order valence-corrected chi connectivity index (χ4v) is 1.42. The molecule has 0 saturated carbocycles. The van der Waals surface area contributed by atoms with Crippen LogP contribution in [0.15, 0.2) is 4.99 Å². The minimum atomic E-state index is -0.864. The minimum absolute atomic E-state index is 0.0433. The summed E-state index contributed by atoms with van der Waals surface area (Å²) in [6, 6.07) is 0. The van der Waals surface area contributed by atoms with Crippen molar-refractivity contribution in [2.75, 3.05) is 19.6 Å². The standard InChI is InChI=1S/C10H17N3O3/c14-9(2-1-3-10(15)16)13-5-4-8-11-6-7-12-8/h1-7H2,(H,11,12)(H,13,14)(H,15,16). The number of nitrogens with zero attached hydrogens (tertiary/aromatic N) is 1. The van der Waals surface area contributed by atoms with Crippen molar-refractivity contribution in [3.05, 3.63) is 0 Å². The predicted octanol–water partition coefficient (Wildman–Crippen LogP) is -0.251. The van der Waals surface area contributed by atoms with Crippen LogP contribution in [-0.2, 0) is 9.59 Å². The third-order valence-electron chi connectivity index (χ3n) is 2.22. The molecule has 16 heavy (non-hydrogen) atoms. The molecule has 1 heterocycles. The van der Waals surface area contributed by atoms with Crippen molar-refractivity contribution in [2.45, 2.75) is 25.7 Å². The van der Waals surface area contributed by atoms with E-state index >= 15 is 0 Å². The summed E-state index contributed by atoms with van der Waals surface area (Å²) in [7, 11) is 0. The van der Waals surface area contributed by atoms with Crippen LogP contribution in [0.3, 0.4) is 0 Å². The van der Waals surface area contributed by atoms with Gasteiger partial charge in [-0.15, -0.1) is 0 Å². The maximum Gasteiger partial charge on any atom is 0.303 e. The fourth-order valence-electron chi connectivity index (χ4n) is 1.42.